The first-order valence-electron chi connectivity index (χ1n) is 6.49. The lowest BCUT2D eigenvalue weighted by Crippen LogP contribution is -2.21. The molecule has 0 unspecified atom stereocenters. The molecule has 0 aliphatic rings. The number of hydrogen-bond donors (Lipinski definition) is 1. The second kappa shape index (κ2) is 7.36. The SMILES string of the molecule is Cc1cc(I)ccc1NC(=O)COc1cc(F)ccc1[N+](=O)[O-]. The standard InChI is InChI=1S/C15H12FIN2O4/c1-9-6-11(17)3-4-12(9)18-15(20)8-23-14-7-10(16)2-5-13(14)19(21)22/h2-7H,8H2,1H3,(H,18,20). The molecule has 0 saturated carbocycles. The largest absolute Gasteiger partial charge is 0.477 e. The van der Waals surface area contributed by atoms with E-state index in [4.69, 9.17) is 4.74 Å². The van der Waals surface area contributed by atoms with Gasteiger partial charge >= 0.3 is 5.69 Å². The van der Waals surface area contributed by atoms with Crippen LogP contribution in [0.3, 0.4) is 0 Å². The summed E-state index contributed by atoms with van der Waals surface area (Å²) in [5, 5.41) is 13.5. The van der Waals surface area contributed by atoms with Crippen LogP contribution in [-0.4, -0.2) is 17.4 Å². The Bertz CT molecular complexity index is 767. The highest BCUT2D eigenvalue weighted by Gasteiger charge is 2.17. The van der Waals surface area contributed by atoms with Gasteiger partial charge in [-0.25, -0.2) is 4.39 Å². The van der Waals surface area contributed by atoms with Crippen LogP contribution >= 0.6 is 22.6 Å². The van der Waals surface area contributed by atoms with Crippen molar-refractivity contribution >= 4 is 39.9 Å². The molecule has 0 aromatic heterocycles. The van der Waals surface area contributed by atoms with Crippen LogP contribution in [0, 0.1) is 26.4 Å². The summed E-state index contributed by atoms with van der Waals surface area (Å²) in [5.41, 5.74) is 1.10. The summed E-state index contributed by atoms with van der Waals surface area (Å²) < 4.78 is 19.3. The maximum atomic E-state index is 13.2. The predicted molar refractivity (Wildman–Crippen MR) is 91.1 cm³/mol. The molecule has 1 N–H and O–H groups in total. The minimum absolute atomic E-state index is 0.288. The van der Waals surface area contributed by atoms with E-state index in [1.54, 1.807) is 6.07 Å². The van der Waals surface area contributed by atoms with Crippen molar-refractivity contribution in [3.05, 3.63) is 61.5 Å². The first kappa shape index (κ1) is 17.1. The van der Waals surface area contributed by atoms with E-state index < -0.39 is 28.9 Å². The van der Waals surface area contributed by atoms with Gasteiger partial charge in [-0.05, 0) is 59.3 Å². The summed E-state index contributed by atoms with van der Waals surface area (Å²) in [6.45, 7) is 1.38. The number of halogens is 2. The highest BCUT2D eigenvalue weighted by atomic mass is 127. The molecule has 0 saturated heterocycles. The summed E-state index contributed by atoms with van der Waals surface area (Å²) >= 11 is 2.16. The molecule has 0 aliphatic heterocycles. The lowest BCUT2D eigenvalue weighted by Gasteiger charge is -2.10. The molecule has 120 valence electrons. The maximum absolute atomic E-state index is 13.2. The second-order valence-electron chi connectivity index (χ2n) is 4.67. The van der Waals surface area contributed by atoms with Gasteiger partial charge in [0.05, 0.1) is 4.92 Å². The fourth-order valence-corrected chi connectivity index (χ4v) is 2.50. The van der Waals surface area contributed by atoms with Crippen LogP contribution in [-0.2, 0) is 4.79 Å². The number of rotatable bonds is 5. The highest BCUT2D eigenvalue weighted by Crippen LogP contribution is 2.27. The first-order chi connectivity index (χ1) is 10.9. The number of nitrogens with zero attached hydrogens (tertiary/aromatic N) is 1. The fraction of sp³-hybridized carbons (Fsp3) is 0.133. The molecule has 0 spiro atoms. The Hall–Kier alpha value is -2.23. The van der Waals surface area contributed by atoms with Crippen molar-refractivity contribution in [1.29, 1.82) is 0 Å². The number of carbonyl (C=O) groups is 1. The van der Waals surface area contributed by atoms with Gasteiger partial charge in [-0.15, -0.1) is 0 Å². The zero-order valence-electron chi connectivity index (χ0n) is 12.0. The van der Waals surface area contributed by atoms with E-state index in [1.807, 2.05) is 19.1 Å². The van der Waals surface area contributed by atoms with Crippen LogP contribution in [0.15, 0.2) is 36.4 Å². The molecule has 0 bridgehead atoms. The molecule has 0 heterocycles. The average Bonchev–Trinajstić information content (AvgIpc) is 2.48. The minimum Gasteiger partial charge on any atom is -0.477 e. The monoisotopic (exact) mass is 430 g/mol. The van der Waals surface area contributed by atoms with Crippen LogP contribution in [0.4, 0.5) is 15.8 Å². The summed E-state index contributed by atoms with van der Waals surface area (Å²) in [6, 6.07) is 8.31. The summed E-state index contributed by atoms with van der Waals surface area (Å²) in [4.78, 5) is 22.0. The third-order valence-electron chi connectivity index (χ3n) is 2.94. The molecule has 1 amide bonds. The molecular weight excluding hydrogens is 418 g/mol. The minimum atomic E-state index is -0.698. The Morgan fingerprint density at radius 1 is 1.35 bits per heavy atom. The Balaban J connectivity index is 2.05. The molecule has 0 aliphatic carbocycles. The number of ether oxygens (including phenoxy) is 1. The molecular formula is C15H12FIN2O4. The van der Waals surface area contributed by atoms with Crippen LogP contribution in [0.1, 0.15) is 5.56 Å². The second-order valence-corrected chi connectivity index (χ2v) is 5.91. The van der Waals surface area contributed by atoms with Gasteiger partial charge < -0.3 is 10.1 Å². The van der Waals surface area contributed by atoms with Crippen molar-refractivity contribution in [2.75, 3.05) is 11.9 Å². The fourth-order valence-electron chi connectivity index (χ4n) is 1.85. The molecule has 0 radical (unpaired) electrons. The normalized spacial score (nSPS) is 10.2. The van der Waals surface area contributed by atoms with E-state index >= 15 is 0 Å². The van der Waals surface area contributed by atoms with Crippen molar-refractivity contribution in [3.63, 3.8) is 0 Å². The van der Waals surface area contributed by atoms with Crippen LogP contribution in [0.25, 0.3) is 0 Å². The van der Waals surface area contributed by atoms with E-state index in [0.29, 0.717) is 5.69 Å². The molecule has 2 aromatic rings. The van der Waals surface area contributed by atoms with Gasteiger partial charge in [0.1, 0.15) is 5.82 Å². The van der Waals surface area contributed by atoms with E-state index in [-0.39, 0.29) is 5.75 Å². The Morgan fingerprint density at radius 2 is 2.09 bits per heavy atom. The third kappa shape index (κ3) is 4.62. The number of nitro groups is 1. The molecule has 6 nitrogen and oxygen atoms in total. The quantitative estimate of drug-likeness (QED) is 0.446. The third-order valence-corrected chi connectivity index (χ3v) is 3.61. The maximum Gasteiger partial charge on any atom is 0.311 e. The molecule has 0 atom stereocenters. The summed E-state index contributed by atoms with van der Waals surface area (Å²) in [5.74, 6) is -1.46. The van der Waals surface area contributed by atoms with Crippen LogP contribution in [0.5, 0.6) is 5.75 Å². The zero-order chi connectivity index (χ0) is 17.0. The Kier molecular flexibility index (Phi) is 5.48. The van der Waals surface area contributed by atoms with Gasteiger partial charge in [0.2, 0.25) is 5.75 Å². The number of anilines is 1. The van der Waals surface area contributed by atoms with E-state index in [0.717, 1.165) is 27.3 Å². The molecule has 2 rings (SSSR count). The predicted octanol–water partition coefficient (Wildman–Crippen LogP) is 3.66. The van der Waals surface area contributed by atoms with Crippen molar-refractivity contribution < 1.29 is 18.8 Å². The van der Waals surface area contributed by atoms with Gasteiger partial charge in [0.25, 0.3) is 5.91 Å². The molecule has 2 aromatic carbocycles. The van der Waals surface area contributed by atoms with Gasteiger partial charge in [0, 0.05) is 21.4 Å². The number of hydrogen-bond acceptors (Lipinski definition) is 4. The average molecular weight is 430 g/mol. The lowest BCUT2D eigenvalue weighted by molar-refractivity contribution is -0.385. The van der Waals surface area contributed by atoms with Gasteiger partial charge in [-0.3, -0.25) is 14.9 Å². The smallest absolute Gasteiger partial charge is 0.311 e. The van der Waals surface area contributed by atoms with Crippen LogP contribution in [0.2, 0.25) is 0 Å². The topological polar surface area (TPSA) is 81.5 Å². The van der Waals surface area contributed by atoms with Crippen molar-refractivity contribution in [2.45, 2.75) is 6.92 Å². The number of nitrogens with one attached hydrogen (secondary N) is 1. The Morgan fingerprint density at radius 3 is 2.74 bits per heavy atom. The first-order valence-corrected chi connectivity index (χ1v) is 7.57. The number of benzene rings is 2. The van der Waals surface area contributed by atoms with Crippen LogP contribution < -0.4 is 10.1 Å². The highest BCUT2D eigenvalue weighted by molar-refractivity contribution is 14.1. The van der Waals surface area contributed by atoms with Crippen molar-refractivity contribution in [1.82, 2.24) is 0 Å². The molecule has 0 fully saturated rings. The van der Waals surface area contributed by atoms with Crippen molar-refractivity contribution in [3.8, 4) is 5.75 Å². The van der Waals surface area contributed by atoms with E-state index in [2.05, 4.69) is 27.9 Å². The lowest BCUT2D eigenvalue weighted by atomic mass is 10.2. The van der Waals surface area contributed by atoms with E-state index in [1.165, 1.54) is 0 Å². The molecule has 23 heavy (non-hydrogen) atoms. The number of carbonyl (C=O) groups excluding carboxylic acids is 1. The van der Waals surface area contributed by atoms with Gasteiger partial charge in [-0.2, -0.15) is 0 Å². The number of nitro benzene ring substituents is 1. The number of aryl methyl sites for hydroxylation is 1. The summed E-state index contributed by atoms with van der Waals surface area (Å²) in [6.07, 6.45) is 0. The van der Waals surface area contributed by atoms with Crippen molar-refractivity contribution in [2.24, 2.45) is 0 Å². The molecule has 8 heteroatoms. The zero-order valence-corrected chi connectivity index (χ0v) is 14.2. The number of amides is 1. The Labute approximate surface area is 144 Å². The van der Waals surface area contributed by atoms with E-state index in [9.17, 15) is 19.3 Å². The summed E-state index contributed by atoms with van der Waals surface area (Å²) in [7, 11) is 0. The van der Waals surface area contributed by atoms with Gasteiger partial charge in [0.15, 0.2) is 6.61 Å². The van der Waals surface area contributed by atoms with Gasteiger partial charge in [-0.1, -0.05) is 0 Å².